The molecule has 3 aliphatic heterocycles. The molecular formula is C23H30N6O2. The number of aliphatic hydroxyl groups is 1. The zero-order chi connectivity index (χ0) is 21.5. The average molecular weight is 423 g/mol. The van der Waals surface area contributed by atoms with Crippen LogP contribution in [0.15, 0.2) is 34.3 Å². The fourth-order valence-electron chi connectivity index (χ4n) is 4.83. The number of ether oxygens (including phenoxy) is 1. The number of anilines is 1. The molecule has 1 saturated carbocycles. The van der Waals surface area contributed by atoms with E-state index in [0.29, 0.717) is 13.2 Å². The van der Waals surface area contributed by atoms with Gasteiger partial charge in [-0.2, -0.15) is 10.2 Å². The first kappa shape index (κ1) is 20.3. The quantitative estimate of drug-likeness (QED) is 0.715. The molecule has 8 nitrogen and oxygen atoms in total. The molecule has 3 atom stereocenters. The number of allylic oxidation sites excluding steroid dienone is 1. The molecule has 0 radical (unpaired) electrons. The Kier molecular flexibility index (Phi) is 5.11. The number of aliphatic imine (C=N–C) groups is 1. The maximum absolute atomic E-state index is 11.0. The molecule has 164 valence electrons. The number of aromatic nitrogens is 2. The van der Waals surface area contributed by atoms with Gasteiger partial charge in [0, 0.05) is 18.8 Å². The molecule has 2 fully saturated rings. The highest BCUT2D eigenvalue weighted by Gasteiger charge is 2.45. The second-order valence-corrected chi connectivity index (χ2v) is 9.21. The Morgan fingerprint density at radius 3 is 2.84 bits per heavy atom. The number of aromatic amines is 1. The number of hydrogen-bond donors (Lipinski definition) is 2. The van der Waals surface area contributed by atoms with Crippen LogP contribution in [0.5, 0.6) is 0 Å². The highest BCUT2D eigenvalue weighted by molar-refractivity contribution is 6.12. The van der Waals surface area contributed by atoms with Crippen LogP contribution < -0.4 is 5.01 Å². The third-order valence-electron chi connectivity index (χ3n) is 6.75. The third kappa shape index (κ3) is 3.77. The molecule has 0 aromatic carbocycles. The van der Waals surface area contributed by atoms with Crippen molar-refractivity contribution in [2.45, 2.75) is 57.6 Å². The smallest absolute Gasteiger partial charge is 0.151 e. The van der Waals surface area contributed by atoms with Crippen LogP contribution in [-0.2, 0) is 4.74 Å². The molecule has 8 heteroatoms. The minimum Gasteiger partial charge on any atom is -0.378 e. The summed E-state index contributed by atoms with van der Waals surface area (Å²) in [5, 5.41) is 24.5. The van der Waals surface area contributed by atoms with Crippen LogP contribution in [0.25, 0.3) is 0 Å². The van der Waals surface area contributed by atoms with Gasteiger partial charge in [-0.25, -0.2) is 10.0 Å². The first-order chi connectivity index (χ1) is 15.0. The molecule has 4 aliphatic rings. The number of rotatable bonds is 2. The molecule has 0 amide bonds. The van der Waals surface area contributed by atoms with Crippen molar-refractivity contribution < 1.29 is 9.84 Å². The average Bonchev–Trinajstić information content (AvgIpc) is 3.43. The lowest BCUT2D eigenvalue weighted by Gasteiger charge is -2.40. The number of hydrogen-bond acceptors (Lipinski definition) is 7. The van der Waals surface area contributed by atoms with Crippen molar-refractivity contribution in [3.05, 3.63) is 24.2 Å². The summed E-state index contributed by atoms with van der Waals surface area (Å²) < 4.78 is 5.63. The molecule has 0 bridgehead atoms. The van der Waals surface area contributed by atoms with Crippen LogP contribution in [0.3, 0.4) is 0 Å². The van der Waals surface area contributed by atoms with E-state index in [4.69, 9.17) is 9.73 Å². The molecule has 1 aliphatic carbocycles. The summed E-state index contributed by atoms with van der Waals surface area (Å²) in [6, 6.07) is 2.11. The molecule has 2 unspecified atom stereocenters. The Morgan fingerprint density at radius 2 is 2.10 bits per heavy atom. The van der Waals surface area contributed by atoms with Crippen LogP contribution in [-0.4, -0.2) is 63.7 Å². The van der Waals surface area contributed by atoms with Crippen molar-refractivity contribution >= 4 is 17.9 Å². The summed E-state index contributed by atoms with van der Waals surface area (Å²) >= 11 is 0. The Balaban J connectivity index is 1.54. The normalized spacial score (nSPS) is 32.1. The van der Waals surface area contributed by atoms with Crippen LogP contribution in [0.4, 0.5) is 5.82 Å². The molecular weight excluding hydrogens is 392 g/mol. The van der Waals surface area contributed by atoms with Gasteiger partial charge >= 0.3 is 0 Å². The molecule has 1 aromatic rings. The standard InChI is InChI=1S/C23H30N6O2/c1-17-16-31-13-12-28(17)20-14-22(2,9-10-23(30)7-4-3-5-8-23)18-15-25-29(21(18)26-20)19-6-11-24-27-19/h6,11,14-15,17-18,30H,3-5,7-8,12-13,16H2,1-2H3,(H,24,27)/t17-,18?,22?/m1/s1. The largest absolute Gasteiger partial charge is 0.378 e. The van der Waals surface area contributed by atoms with Gasteiger partial charge in [-0.05, 0) is 45.6 Å². The molecule has 0 spiro atoms. The van der Waals surface area contributed by atoms with Gasteiger partial charge in [-0.15, -0.1) is 0 Å². The topological polar surface area (TPSA) is 89.3 Å². The zero-order valence-electron chi connectivity index (χ0n) is 18.2. The van der Waals surface area contributed by atoms with Gasteiger partial charge in [0.05, 0.1) is 36.8 Å². The van der Waals surface area contributed by atoms with Crippen LogP contribution in [0.2, 0.25) is 0 Å². The lowest BCUT2D eigenvalue weighted by Crippen LogP contribution is -2.46. The van der Waals surface area contributed by atoms with E-state index in [9.17, 15) is 5.11 Å². The van der Waals surface area contributed by atoms with Gasteiger partial charge in [0.25, 0.3) is 0 Å². The van der Waals surface area contributed by atoms with E-state index < -0.39 is 11.0 Å². The summed E-state index contributed by atoms with van der Waals surface area (Å²) in [6.45, 7) is 6.41. The van der Waals surface area contributed by atoms with E-state index in [0.717, 1.165) is 49.7 Å². The molecule has 1 saturated heterocycles. The molecule has 1 aromatic heterocycles. The van der Waals surface area contributed by atoms with Crippen molar-refractivity contribution in [2.24, 2.45) is 21.4 Å². The first-order valence-corrected chi connectivity index (χ1v) is 11.2. The van der Waals surface area contributed by atoms with Gasteiger partial charge in [-0.3, -0.25) is 5.10 Å². The van der Waals surface area contributed by atoms with E-state index in [1.807, 2.05) is 17.3 Å². The van der Waals surface area contributed by atoms with E-state index in [2.05, 4.69) is 52.0 Å². The van der Waals surface area contributed by atoms with Crippen molar-refractivity contribution in [1.82, 2.24) is 15.1 Å². The Hall–Kier alpha value is -2.63. The highest BCUT2D eigenvalue weighted by Crippen LogP contribution is 2.40. The van der Waals surface area contributed by atoms with Crippen LogP contribution >= 0.6 is 0 Å². The summed E-state index contributed by atoms with van der Waals surface area (Å²) in [6.07, 6.45) is 10.5. The minimum absolute atomic E-state index is 0.101. The molecule has 2 N–H and O–H groups in total. The van der Waals surface area contributed by atoms with Crippen LogP contribution in [0.1, 0.15) is 46.0 Å². The van der Waals surface area contributed by atoms with Gasteiger partial charge in [0.15, 0.2) is 5.82 Å². The fraction of sp³-hybridized carbons (Fsp3) is 0.609. The number of morpholine rings is 1. The summed E-state index contributed by atoms with van der Waals surface area (Å²) in [5.74, 6) is 9.13. The zero-order valence-corrected chi connectivity index (χ0v) is 18.2. The Labute approximate surface area is 183 Å². The lowest BCUT2D eigenvalue weighted by molar-refractivity contribution is 0.0156. The number of hydrazone groups is 1. The molecule has 4 heterocycles. The van der Waals surface area contributed by atoms with Gasteiger partial charge in [0.1, 0.15) is 17.3 Å². The SMILES string of the molecule is C[C@@H]1COCCN1C1=CC(C)(C#CC2(O)CCCCC2)C2C=NN(c3ccn[nH]3)C2=N1. The maximum Gasteiger partial charge on any atom is 0.151 e. The Bertz CT molecular complexity index is 966. The third-order valence-corrected chi connectivity index (χ3v) is 6.75. The lowest BCUT2D eigenvalue weighted by atomic mass is 9.74. The number of amidine groups is 1. The second kappa shape index (κ2) is 7.81. The predicted molar refractivity (Wildman–Crippen MR) is 119 cm³/mol. The predicted octanol–water partition coefficient (Wildman–Crippen LogP) is 2.51. The maximum atomic E-state index is 11.0. The highest BCUT2D eigenvalue weighted by atomic mass is 16.5. The monoisotopic (exact) mass is 422 g/mol. The van der Waals surface area contributed by atoms with Crippen molar-refractivity contribution in [3.63, 3.8) is 0 Å². The summed E-state index contributed by atoms with van der Waals surface area (Å²) in [4.78, 5) is 7.32. The molecule has 5 rings (SSSR count). The number of H-pyrrole nitrogens is 1. The summed E-state index contributed by atoms with van der Waals surface area (Å²) in [7, 11) is 0. The van der Waals surface area contributed by atoms with Crippen LogP contribution in [0, 0.1) is 23.2 Å². The van der Waals surface area contributed by atoms with Crippen molar-refractivity contribution in [2.75, 3.05) is 24.8 Å². The van der Waals surface area contributed by atoms with E-state index in [1.54, 1.807) is 6.20 Å². The number of fused-ring (bicyclic) bond motifs is 1. The van der Waals surface area contributed by atoms with Crippen molar-refractivity contribution in [1.29, 1.82) is 0 Å². The van der Waals surface area contributed by atoms with E-state index in [1.165, 1.54) is 6.42 Å². The summed E-state index contributed by atoms with van der Waals surface area (Å²) in [5.41, 5.74) is -1.43. The Morgan fingerprint density at radius 1 is 1.26 bits per heavy atom. The fourth-order valence-corrected chi connectivity index (χ4v) is 4.83. The minimum atomic E-state index is -0.894. The number of nitrogens with zero attached hydrogens (tertiary/aromatic N) is 5. The van der Waals surface area contributed by atoms with Crippen molar-refractivity contribution in [3.8, 4) is 11.8 Å². The van der Waals surface area contributed by atoms with Gasteiger partial charge < -0.3 is 14.7 Å². The van der Waals surface area contributed by atoms with E-state index in [-0.39, 0.29) is 12.0 Å². The second-order valence-electron chi connectivity index (χ2n) is 9.21. The van der Waals surface area contributed by atoms with Gasteiger partial charge in [-0.1, -0.05) is 18.3 Å². The number of nitrogens with one attached hydrogen (secondary N) is 1. The first-order valence-electron chi connectivity index (χ1n) is 11.2. The molecule has 31 heavy (non-hydrogen) atoms. The van der Waals surface area contributed by atoms with Gasteiger partial charge in [0.2, 0.25) is 0 Å². The van der Waals surface area contributed by atoms with E-state index >= 15 is 0 Å².